The molecule has 0 atom stereocenters. The quantitative estimate of drug-likeness (QED) is 0.730. The van der Waals surface area contributed by atoms with Crippen LogP contribution in [-0.4, -0.2) is 19.5 Å². The summed E-state index contributed by atoms with van der Waals surface area (Å²) < 4.78 is 15.4. The SMILES string of the molecule is Cc1cc(C)c([Te](=O)c2c(C)cc(C)cc2C)c(C)c1. The van der Waals surface area contributed by atoms with E-state index in [-0.39, 0.29) is 0 Å². The summed E-state index contributed by atoms with van der Waals surface area (Å²) in [7, 11) is 0. The van der Waals surface area contributed by atoms with Gasteiger partial charge in [0, 0.05) is 0 Å². The van der Waals surface area contributed by atoms with Crippen LogP contribution >= 0.6 is 0 Å². The minimum atomic E-state index is -2.72. The molecule has 0 spiro atoms. The van der Waals surface area contributed by atoms with Crippen molar-refractivity contribution in [3.63, 3.8) is 0 Å². The van der Waals surface area contributed by atoms with Crippen LogP contribution in [0.1, 0.15) is 33.4 Å². The van der Waals surface area contributed by atoms with E-state index in [0.29, 0.717) is 0 Å². The van der Waals surface area contributed by atoms with Crippen LogP contribution in [-0.2, 0) is 3.10 Å². The predicted octanol–water partition coefficient (Wildman–Crippen LogP) is 3.07. The average molecular weight is 382 g/mol. The standard InChI is InChI=1S/C18H22OTe/c1-11-7-13(3)17(14(4)8-11)20(19)18-15(5)9-12(2)10-16(18)6/h7-10H,1-6H3. The predicted molar refractivity (Wildman–Crippen MR) is 87.0 cm³/mol. The van der Waals surface area contributed by atoms with E-state index in [1.807, 2.05) is 0 Å². The van der Waals surface area contributed by atoms with E-state index in [1.54, 1.807) is 0 Å². The molecule has 2 heteroatoms. The van der Waals surface area contributed by atoms with Gasteiger partial charge in [-0.3, -0.25) is 0 Å². The summed E-state index contributed by atoms with van der Waals surface area (Å²) in [5.74, 6) is 0. The maximum atomic E-state index is 13.2. The Balaban J connectivity index is 2.64. The minimum absolute atomic E-state index is 1.11. The molecule has 2 rings (SSSR count). The fourth-order valence-corrected chi connectivity index (χ4v) is 7.61. The van der Waals surface area contributed by atoms with Crippen molar-refractivity contribution in [3.05, 3.63) is 57.6 Å². The molecule has 0 N–H and O–H groups in total. The van der Waals surface area contributed by atoms with Gasteiger partial charge in [-0.2, -0.15) is 0 Å². The van der Waals surface area contributed by atoms with Crippen molar-refractivity contribution in [2.24, 2.45) is 0 Å². The Morgan fingerprint density at radius 2 is 0.850 bits per heavy atom. The van der Waals surface area contributed by atoms with Crippen LogP contribution in [0.15, 0.2) is 24.3 Å². The first-order chi connectivity index (χ1) is 9.31. The molecule has 0 amide bonds. The van der Waals surface area contributed by atoms with E-state index in [4.69, 9.17) is 0 Å². The zero-order chi connectivity index (χ0) is 15.0. The van der Waals surface area contributed by atoms with Gasteiger partial charge >= 0.3 is 129 Å². The fraction of sp³-hybridized carbons (Fsp3) is 0.333. The molecule has 1 nitrogen and oxygen atoms in total. The molecule has 0 saturated carbocycles. The van der Waals surface area contributed by atoms with Gasteiger partial charge in [-0.05, 0) is 0 Å². The first kappa shape index (κ1) is 15.4. The third-order valence-electron chi connectivity index (χ3n) is 3.58. The summed E-state index contributed by atoms with van der Waals surface area (Å²) in [6, 6.07) is 8.58. The van der Waals surface area contributed by atoms with E-state index in [1.165, 1.54) is 33.4 Å². The molecule has 20 heavy (non-hydrogen) atoms. The molecule has 0 aliphatic heterocycles. The van der Waals surface area contributed by atoms with Crippen molar-refractivity contribution in [2.45, 2.75) is 41.5 Å². The Hall–Kier alpha value is -0.970. The Kier molecular flexibility index (Phi) is 4.47. The first-order valence-corrected chi connectivity index (χ1v) is 10.2. The summed E-state index contributed by atoms with van der Waals surface area (Å²) in [5, 5.41) is 0. The van der Waals surface area contributed by atoms with Gasteiger partial charge in [0.2, 0.25) is 0 Å². The molecule has 0 bridgehead atoms. The van der Waals surface area contributed by atoms with Gasteiger partial charge in [0.25, 0.3) is 0 Å². The third kappa shape index (κ3) is 2.87. The van der Waals surface area contributed by atoms with Crippen LogP contribution in [0.2, 0.25) is 0 Å². The number of hydrogen-bond acceptors (Lipinski definition) is 1. The number of aryl methyl sites for hydroxylation is 6. The second kappa shape index (κ2) is 5.80. The van der Waals surface area contributed by atoms with Crippen molar-refractivity contribution in [1.29, 1.82) is 0 Å². The van der Waals surface area contributed by atoms with Crippen LogP contribution in [0.4, 0.5) is 0 Å². The number of rotatable bonds is 2. The van der Waals surface area contributed by atoms with Crippen LogP contribution < -0.4 is 7.22 Å². The zero-order valence-corrected chi connectivity index (χ0v) is 15.5. The van der Waals surface area contributed by atoms with E-state index in [0.717, 1.165) is 7.22 Å². The van der Waals surface area contributed by atoms with Crippen LogP contribution in [0, 0.1) is 41.5 Å². The summed E-state index contributed by atoms with van der Waals surface area (Å²) in [6.07, 6.45) is 0. The molecule has 2 aromatic carbocycles. The Labute approximate surface area is 129 Å². The van der Waals surface area contributed by atoms with Crippen molar-refractivity contribution in [2.75, 3.05) is 0 Å². The molecule has 0 aliphatic rings. The second-order valence-electron chi connectivity index (χ2n) is 5.72. The van der Waals surface area contributed by atoms with Gasteiger partial charge in [-0.25, -0.2) is 0 Å². The number of hydrogen-bond donors (Lipinski definition) is 0. The zero-order valence-electron chi connectivity index (χ0n) is 13.1. The number of benzene rings is 2. The van der Waals surface area contributed by atoms with Crippen LogP contribution in [0.25, 0.3) is 0 Å². The molecular formula is C18H22OTe. The average Bonchev–Trinajstić information content (AvgIpc) is 2.25. The van der Waals surface area contributed by atoms with Crippen molar-refractivity contribution in [1.82, 2.24) is 0 Å². The molecule has 0 fully saturated rings. The Morgan fingerprint density at radius 3 is 1.10 bits per heavy atom. The fourth-order valence-electron chi connectivity index (χ4n) is 3.02. The van der Waals surface area contributed by atoms with Gasteiger partial charge in [-0.15, -0.1) is 0 Å². The van der Waals surface area contributed by atoms with Crippen molar-refractivity contribution in [3.8, 4) is 0 Å². The second-order valence-corrected chi connectivity index (χ2v) is 9.59. The Morgan fingerprint density at radius 1 is 0.600 bits per heavy atom. The van der Waals surface area contributed by atoms with E-state index in [9.17, 15) is 3.10 Å². The van der Waals surface area contributed by atoms with Gasteiger partial charge in [0.05, 0.1) is 0 Å². The van der Waals surface area contributed by atoms with Gasteiger partial charge in [0.1, 0.15) is 0 Å². The summed E-state index contributed by atoms with van der Waals surface area (Å²) in [5.41, 5.74) is 7.18. The van der Waals surface area contributed by atoms with E-state index < -0.39 is 19.5 Å². The summed E-state index contributed by atoms with van der Waals surface area (Å²) in [6.45, 7) is 12.5. The molecule has 0 aliphatic carbocycles. The molecular weight excluding hydrogens is 360 g/mol. The Bertz CT molecular complexity index is 593. The normalized spacial score (nSPS) is 11.2. The monoisotopic (exact) mass is 384 g/mol. The van der Waals surface area contributed by atoms with Crippen molar-refractivity contribution < 1.29 is 3.10 Å². The van der Waals surface area contributed by atoms with E-state index in [2.05, 4.69) is 65.8 Å². The molecule has 0 heterocycles. The molecule has 2 aromatic rings. The van der Waals surface area contributed by atoms with Crippen LogP contribution in [0.3, 0.4) is 0 Å². The molecule has 0 saturated heterocycles. The van der Waals surface area contributed by atoms with E-state index >= 15 is 0 Å². The summed E-state index contributed by atoms with van der Waals surface area (Å²) >= 11 is -2.72. The third-order valence-corrected chi connectivity index (χ3v) is 9.37. The molecule has 0 aromatic heterocycles. The van der Waals surface area contributed by atoms with Gasteiger partial charge < -0.3 is 0 Å². The maximum absolute atomic E-state index is 13.2. The molecule has 0 unspecified atom stereocenters. The summed E-state index contributed by atoms with van der Waals surface area (Å²) in [4.78, 5) is 0. The topological polar surface area (TPSA) is 17.1 Å². The van der Waals surface area contributed by atoms with Gasteiger partial charge in [-0.1, -0.05) is 0 Å². The molecule has 106 valence electrons. The van der Waals surface area contributed by atoms with Crippen molar-refractivity contribution >= 4 is 26.8 Å². The van der Waals surface area contributed by atoms with Crippen LogP contribution in [0.5, 0.6) is 0 Å². The molecule has 0 radical (unpaired) electrons. The van der Waals surface area contributed by atoms with Gasteiger partial charge in [0.15, 0.2) is 0 Å². The first-order valence-electron chi connectivity index (χ1n) is 6.88.